The number of hydrogen-bond acceptors (Lipinski definition) is 3. The van der Waals surface area contributed by atoms with Crippen LogP contribution in [0.25, 0.3) is 0 Å². The second kappa shape index (κ2) is 6.58. The average Bonchev–Trinajstić information content (AvgIpc) is 2.33. The van der Waals surface area contributed by atoms with Gasteiger partial charge in [-0.15, -0.1) is 0 Å². The largest absolute Gasteiger partial charge is 0.313 e. The summed E-state index contributed by atoms with van der Waals surface area (Å²) in [4.78, 5) is 5.25. The Morgan fingerprint density at radius 2 is 1.81 bits per heavy atom. The quantitative estimate of drug-likeness (QED) is 0.774. The molecule has 0 aromatic rings. The van der Waals surface area contributed by atoms with E-state index in [1.807, 2.05) is 0 Å². The van der Waals surface area contributed by atoms with Crippen molar-refractivity contribution in [3.8, 4) is 0 Å². The molecule has 0 bridgehead atoms. The molecule has 0 unspecified atom stereocenters. The lowest BCUT2D eigenvalue weighted by Crippen LogP contribution is -2.51. The van der Waals surface area contributed by atoms with E-state index in [1.165, 1.54) is 71.5 Å². The zero-order valence-electron chi connectivity index (χ0n) is 10.7. The Balaban J connectivity index is 1.64. The predicted molar refractivity (Wildman–Crippen MR) is 68.8 cm³/mol. The van der Waals surface area contributed by atoms with Gasteiger partial charge in [0.2, 0.25) is 0 Å². The normalized spacial score (nSPS) is 29.4. The second-order valence-corrected chi connectivity index (χ2v) is 5.29. The van der Waals surface area contributed by atoms with Gasteiger partial charge in [0.15, 0.2) is 0 Å². The van der Waals surface area contributed by atoms with Crippen molar-refractivity contribution in [1.29, 1.82) is 0 Å². The van der Waals surface area contributed by atoms with Crippen LogP contribution in [0.5, 0.6) is 0 Å². The highest BCUT2D eigenvalue weighted by atomic mass is 15.3. The minimum absolute atomic E-state index is 0.770. The van der Waals surface area contributed by atoms with Gasteiger partial charge in [0.25, 0.3) is 0 Å². The molecular weight excluding hydrogens is 198 g/mol. The second-order valence-electron chi connectivity index (χ2n) is 5.29. The molecule has 0 aromatic heterocycles. The lowest BCUT2D eigenvalue weighted by molar-refractivity contribution is 0.119. The molecule has 2 fully saturated rings. The molecule has 94 valence electrons. The van der Waals surface area contributed by atoms with Crippen LogP contribution >= 0.6 is 0 Å². The fourth-order valence-electron chi connectivity index (χ4n) is 2.90. The van der Waals surface area contributed by atoms with Crippen molar-refractivity contribution in [3.63, 3.8) is 0 Å². The van der Waals surface area contributed by atoms with E-state index in [9.17, 15) is 0 Å². The first kappa shape index (κ1) is 12.3. The first-order valence-corrected chi connectivity index (χ1v) is 7.06. The van der Waals surface area contributed by atoms with Gasteiger partial charge in [-0.25, -0.2) is 0 Å². The topological polar surface area (TPSA) is 18.5 Å². The molecule has 1 N–H and O–H groups in total. The Labute approximate surface area is 100 Å². The van der Waals surface area contributed by atoms with E-state index in [1.54, 1.807) is 0 Å². The SMILES string of the molecule is CCCN1CCN(C[C@@H]2CCCCN2)CC1. The van der Waals surface area contributed by atoms with Gasteiger partial charge in [-0.2, -0.15) is 0 Å². The van der Waals surface area contributed by atoms with Gasteiger partial charge in [0, 0.05) is 38.8 Å². The third-order valence-corrected chi connectivity index (χ3v) is 3.90. The van der Waals surface area contributed by atoms with Crippen LogP contribution in [-0.4, -0.2) is 61.7 Å². The molecule has 0 spiro atoms. The molecule has 3 heteroatoms. The molecule has 2 aliphatic heterocycles. The van der Waals surface area contributed by atoms with Crippen molar-refractivity contribution < 1.29 is 0 Å². The van der Waals surface area contributed by atoms with E-state index in [2.05, 4.69) is 22.0 Å². The van der Waals surface area contributed by atoms with Crippen LogP contribution in [-0.2, 0) is 0 Å². The molecule has 3 nitrogen and oxygen atoms in total. The monoisotopic (exact) mass is 225 g/mol. The van der Waals surface area contributed by atoms with Gasteiger partial charge in [-0.1, -0.05) is 13.3 Å². The van der Waals surface area contributed by atoms with Crippen LogP contribution in [0.3, 0.4) is 0 Å². The van der Waals surface area contributed by atoms with Gasteiger partial charge < -0.3 is 10.2 Å². The molecule has 16 heavy (non-hydrogen) atoms. The summed E-state index contributed by atoms with van der Waals surface area (Å²) in [6.07, 6.45) is 5.48. The maximum absolute atomic E-state index is 3.65. The summed E-state index contributed by atoms with van der Waals surface area (Å²) in [5, 5.41) is 3.65. The first-order chi connectivity index (χ1) is 7.88. The molecule has 2 rings (SSSR count). The predicted octanol–water partition coefficient (Wildman–Crippen LogP) is 1.16. The summed E-state index contributed by atoms with van der Waals surface area (Å²) in [7, 11) is 0. The molecule has 0 radical (unpaired) electrons. The Hall–Kier alpha value is -0.120. The van der Waals surface area contributed by atoms with E-state index in [0.717, 1.165) is 6.04 Å². The summed E-state index contributed by atoms with van der Waals surface area (Å²) in [5.74, 6) is 0. The van der Waals surface area contributed by atoms with Gasteiger partial charge in [-0.3, -0.25) is 4.90 Å². The van der Waals surface area contributed by atoms with E-state index >= 15 is 0 Å². The number of piperazine rings is 1. The summed E-state index contributed by atoms with van der Waals surface area (Å²) < 4.78 is 0. The molecule has 0 amide bonds. The Bertz CT molecular complexity index is 182. The molecular formula is C13H27N3. The van der Waals surface area contributed by atoms with Crippen molar-refractivity contribution >= 4 is 0 Å². The zero-order chi connectivity index (χ0) is 11.2. The minimum Gasteiger partial charge on any atom is -0.313 e. The van der Waals surface area contributed by atoms with Crippen molar-refractivity contribution in [1.82, 2.24) is 15.1 Å². The average molecular weight is 225 g/mol. The maximum atomic E-state index is 3.65. The van der Waals surface area contributed by atoms with Crippen molar-refractivity contribution in [3.05, 3.63) is 0 Å². The van der Waals surface area contributed by atoms with E-state index in [-0.39, 0.29) is 0 Å². The van der Waals surface area contributed by atoms with E-state index in [0.29, 0.717) is 0 Å². The molecule has 0 saturated carbocycles. The lowest BCUT2D eigenvalue weighted by atomic mass is 10.0. The van der Waals surface area contributed by atoms with Crippen LogP contribution in [0.15, 0.2) is 0 Å². The number of nitrogens with one attached hydrogen (secondary N) is 1. The smallest absolute Gasteiger partial charge is 0.0195 e. The molecule has 0 aromatic carbocycles. The van der Waals surface area contributed by atoms with Crippen LogP contribution in [0.2, 0.25) is 0 Å². The molecule has 0 aliphatic carbocycles. The summed E-state index contributed by atoms with van der Waals surface area (Å²) in [5.41, 5.74) is 0. The first-order valence-electron chi connectivity index (χ1n) is 7.06. The zero-order valence-corrected chi connectivity index (χ0v) is 10.7. The third-order valence-electron chi connectivity index (χ3n) is 3.90. The Kier molecular flexibility index (Phi) is 5.07. The molecule has 2 heterocycles. The van der Waals surface area contributed by atoms with Gasteiger partial charge in [0.1, 0.15) is 0 Å². The van der Waals surface area contributed by atoms with Crippen molar-refractivity contribution in [2.75, 3.05) is 45.8 Å². The third kappa shape index (κ3) is 3.72. The minimum atomic E-state index is 0.770. The molecule has 1 atom stereocenters. The summed E-state index contributed by atoms with van der Waals surface area (Å²) >= 11 is 0. The number of nitrogens with zero attached hydrogens (tertiary/aromatic N) is 2. The molecule has 2 saturated heterocycles. The fourth-order valence-corrected chi connectivity index (χ4v) is 2.90. The summed E-state index contributed by atoms with van der Waals surface area (Å²) in [6, 6.07) is 0.770. The van der Waals surface area contributed by atoms with Gasteiger partial charge in [-0.05, 0) is 32.4 Å². The number of rotatable bonds is 4. The van der Waals surface area contributed by atoms with Gasteiger partial charge in [0.05, 0.1) is 0 Å². The maximum Gasteiger partial charge on any atom is 0.0195 e. The highest BCUT2D eigenvalue weighted by Crippen LogP contribution is 2.10. The van der Waals surface area contributed by atoms with Crippen LogP contribution in [0.4, 0.5) is 0 Å². The van der Waals surface area contributed by atoms with E-state index < -0.39 is 0 Å². The van der Waals surface area contributed by atoms with Gasteiger partial charge >= 0.3 is 0 Å². The Morgan fingerprint density at radius 3 is 2.44 bits per heavy atom. The highest BCUT2D eigenvalue weighted by molar-refractivity contribution is 4.79. The van der Waals surface area contributed by atoms with Crippen molar-refractivity contribution in [2.45, 2.75) is 38.6 Å². The highest BCUT2D eigenvalue weighted by Gasteiger charge is 2.20. The lowest BCUT2D eigenvalue weighted by Gasteiger charge is -2.37. The van der Waals surface area contributed by atoms with Crippen molar-refractivity contribution in [2.24, 2.45) is 0 Å². The number of piperidine rings is 1. The standard InChI is InChI=1S/C13H27N3/c1-2-7-15-8-10-16(11-9-15)12-13-5-3-4-6-14-13/h13-14H,2-12H2,1H3/t13-/m0/s1. The van der Waals surface area contributed by atoms with E-state index in [4.69, 9.17) is 0 Å². The van der Waals surface area contributed by atoms with Crippen LogP contribution in [0.1, 0.15) is 32.6 Å². The summed E-state index contributed by atoms with van der Waals surface area (Å²) in [6.45, 7) is 11.2. The Morgan fingerprint density at radius 1 is 1.06 bits per heavy atom. The fraction of sp³-hybridized carbons (Fsp3) is 1.00. The number of hydrogen-bond donors (Lipinski definition) is 1. The molecule has 2 aliphatic rings. The van der Waals surface area contributed by atoms with Crippen LogP contribution in [0, 0.1) is 0 Å². The van der Waals surface area contributed by atoms with Crippen LogP contribution < -0.4 is 5.32 Å².